The van der Waals surface area contributed by atoms with Crippen molar-refractivity contribution >= 4 is 5.91 Å². The van der Waals surface area contributed by atoms with E-state index in [9.17, 15) is 4.79 Å². The van der Waals surface area contributed by atoms with Gasteiger partial charge in [0.25, 0.3) is 0 Å². The molecule has 1 saturated heterocycles. The Morgan fingerprint density at radius 1 is 1.88 bits per heavy atom. The highest BCUT2D eigenvalue weighted by Crippen LogP contribution is 2.04. The number of nitrogens with zero attached hydrogens (tertiary/aromatic N) is 1. The van der Waals surface area contributed by atoms with Gasteiger partial charge in [-0.05, 0) is 7.05 Å². The smallest absolute Gasteiger partial charge is 0.241 e. The monoisotopic (exact) mass is 114 g/mol. The summed E-state index contributed by atoms with van der Waals surface area (Å²) in [5.74, 6) is 0.201. The van der Waals surface area contributed by atoms with Gasteiger partial charge in [-0.1, -0.05) is 0 Å². The summed E-state index contributed by atoms with van der Waals surface area (Å²) in [5.41, 5.74) is 0. The SMILES string of the molecule is CNC1CN(C)C1=O. The maximum atomic E-state index is 10.7. The van der Waals surface area contributed by atoms with E-state index in [1.165, 1.54) is 0 Å². The third-order valence-corrected chi connectivity index (χ3v) is 1.48. The maximum Gasteiger partial charge on any atom is 0.241 e. The third kappa shape index (κ3) is 0.591. The molecule has 3 nitrogen and oxygen atoms in total. The molecule has 1 heterocycles. The summed E-state index contributed by atoms with van der Waals surface area (Å²) in [7, 11) is 3.60. The van der Waals surface area contributed by atoms with Gasteiger partial charge >= 0.3 is 0 Å². The van der Waals surface area contributed by atoms with Crippen molar-refractivity contribution < 1.29 is 4.79 Å². The number of hydrogen-bond donors (Lipinski definition) is 1. The Kier molecular flexibility index (Phi) is 1.21. The van der Waals surface area contributed by atoms with Crippen LogP contribution in [0.25, 0.3) is 0 Å². The van der Waals surface area contributed by atoms with Gasteiger partial charge in [0, 0.05) is 13.6 Å². The van der Waals surface area contributed by atoms with E-state index in [1.54, 1.807) is 19.0 Å². The highest BCUT2D eigenvalue weighted by molar-refractivity contribution is 5.87. The van der Waals surface area contributed by atoms with E-state index in [-0.39, 0.29) is 11.9 Å². The quantitative estimate of drug-likeness (QED) is 0.446. The molecule has 1 aliphatic rings. The normalized spacial score (nSPS) is 28.0. The van der Waals surface area contributed by atoms with Gasteiger partial charge in [-0.25, -0.2) is 0 Å². The molecular formula is C5H10N2O. The number of carbonyl (C=O) groups excluding carboxylic acids is 1. The molecule has 1 N–H and O–H groups in total. The Hall–Kier alpha value is -0.570. The van der Waals surface area contributed by atoms with Crippen LogP contribution in [-0.2, 0) is 4.79 Å². The third-order valence-electron chi connectivity index (χ3n) is 1.48. The highest BCUT2D eigenvalue weighted by atomic mass is 16.2. The summed E-state index contributed by atoms with van der Waals surface area (Å²) in [5, 5.41) is 2.89. The number of likely N-dealkylation sites (tertiary alicyclic amines) is 1. The van der Waals surface area contributed by atoms with Gasteiger partial charge < -0.3 is 10.2 Å². The van der Waals surface area contributed by atoms with Gasteiger partial charge in [-0.15, -0.1) is 0 Å². The van der Waals surface area contributed by atoms with Crippen molar-refractivity contribution in [3.63, 3.8) is 0 Å². The summed E-state index contributed by atoms with van der Waals surface area (Å²) in [6.07, 6.45) is 0. The predicted molar refractivity (Wildman–Crippen MR) is 30.5 cm³/mol. The average molecular weight is 114 g/mol. The summed E-state index contributed by atoms with van der Waals surface area (Å²) in [6.45, 7) is 0.856. The Morgan fingerprint density at radius 2 is 2.50 bits per heavy atom. The fraction of sp³-hybridized carbons (Fsp3) is 0.800. The summed E-state index contributed by atoms with van der Waals surface area (Å²) < 4.78 is 0. The lowest BCUT2D eigenvalue weighted by molar-refractivity contribution is -0.141. The Balaban J connectivity index is 2.36. The molecule has 1 atom stereocenters. The molecule has 1 rings (SSSR count). The summed E-state index contributed by atoms with van der Waals surface area (Å²) >= 11 is 0. The van der Waals surface area contributed by atoms with E-state index in [4.69, 9.17) is 0 Å². The molecule has 0 saturated carbocycles. The van der Waals surface area contributed by atoms with Crippen molar-refractivity contribution in [1.29, 1.82) is 0 Å². The van der Waals surface area contributed by atoms with Crippen LogP contribution in [0.3, 0.4) is 0 Å². The number of amides is 1. The molecule has 0 radical (unpaired) electrons. The molecule has 1 fully saturated rings. The minimum atomic E-state index is 0.0972. The van der Waals surface area contributed by atoms with Gasteiger partial charge in [0.1, 0.15) is 6.04 Å². The predicted octanol–water partition coefficient (Wildman–Crippen LogP) is -0.954. The molecule has 1 amide bonds. The van der Waals surface area contributed by atoms with Crippen molar-refractivity contribution in [2.24, 2.45) is 0 Å². The first-order valence-electron chi connectivity index (χ1n) is 2.68. The zero-order chi connectivity index (χ0) is 6.15. The molecule has 3 heteroatoms. The van der Waals surface area contributed by atoms with Crippen molar-refractivity contribution in [2.75, 3.05) is 20.6 Å². The second-order valence-electron chi connectivity index (χ2n) is 2.06. The van der Waals surface area contributed by atoms with Gasteiger partial charge in [0.2, 0.25) is 5.91 Å². The van der Waals surface area contributed by atoms with E-state index in [0.29, 0.717) is 0 Å². The van der Waals surface area contributed by atoms with Gasteiger partial charge in [-0.3, -0.25) is 4.79 Å². The zero-order valence-corrected chi connectivity index (χ0v) is 5.14. The second-order valence-corrected chi connectivity index (χ2v) is 2.06. The van der Waals surface area contributed by atoms with Crippen LogP contribution in [0, 0.1) is 0 Å². The van der Waals surface area contributed by atoms with Gasteiger partial charge in [0.15, 0.2) is 0 Å². The fourth-order valence-electron chi connectivity index (χ4n) is 0.810. The average Bonchev–Trinajstić information content (AvgIpc) is 1.81. The maximum absolute atomic E-state index is 10.7. The van der Waals surface area contributed by atoms with Crippen LogP contribution < -0.4 is 5.32 Å². The van der Waals surface area contributed by atoms with Crippen LogP contribution in [0.4, 0.5) is 0 Å². The van der Waals surface area contributed by atoms with Crippen molar-refractivity contribution in [1.82, 2.24) is 10.2 Å². The van der Waals surface area contributed by atoms with E-state index >= 15 is 0 Å². The van der Waals surface area contributed by atoms with Crippen LogP contribution >= 0.6 is 0 Å². The van der Waals surface area contributed by atoms with E-state index in [2.05, 4.69) is 5.32 Å². The van der Waals surface area contributed by atoms with Crippen LogP contribution in [0.1, 0.15) is 0 Å². The highest BCUT2D eigenvalue weighted by Gasteiger charge is 2.31. The Bertz CT molecular complexity index is 113. The number of hydrogen-bond acceptors (Lipinski definition) is 2. The minimum Gasteiger partial charge on any atom is -0.342 e. The van der Waals surface area contributed by atoms with Gasteiger partial charge in [0.05, 0.1) is 0 Å². The molecule has 0 aromatic carbocycles. The standard InChI is InChI=1S/C5H10N2O/c1-6-4-3-7(2)5(4)8/h4,6H,3H2,1-2H3. The zero-order valence-electron chi connectivity index (χ0n) is 5.14. The van der Waals surface area contributed by atoms with Crippen molar-refractivity contribution in [2.45, 2.75) is 6.04 Å². The van der Waals surface area contributed by atoms with E-state index in [1.807, 2.05) is 0 Å². The topological polar surface area (TPSA) is 32.3 Å². The Morgan fingerprint density at radius 3 is 2.62 bits per heavy atom. The molecule has 0 aromatic heterocycles. The molecule has 0 aromatic rings. The molecular weight excluding hydrogens is 104 g/mol. The van der Waals surface area contributed by atoms with Crippen LogP contribution in [-0.4, -0.2) is 37.5 Å². The van der Waals surface area contributed by atoms with Crippen molar-refractivity contribution in [3.05, 3.63) is 0 Å². The van der Waals surface area contributed by atoms with E-state index < -0.39 is 0 Å². The lowest BCUT2D eigenvalue weighted by atomic mass is 10.1. The number of nitrogens with one attached hydrogen (secondary N) is 1. The van der Waals surface area contributed by atoms with Crippen LogP contribution in [0.2, 0.25) is 0 Å². The molecule has 0 aliphatic carbocycles. The largest absolute Gasteiger partial charge is 0.342 e. The number of carbonyl (C=O) groups is 1. The lowest BCUT2D eigenvalue weighted by Gasteiger charge is -2.34. The van der Waals surface area contributed by atoms with Crippen LogP contribution in [0.15, 0.2) is 0 Å². The number of likely N-dealkylation sites (N-methyl/N-ethyl adjacent to an activating group) is 2. The first-order valence-corrected chi connectivity index (χ1v) is 2.68. The Labute approximate surface area is 48.7 Å². The van der Waals surface area contributed by atoms with E-state index in [0.717, 1.165) is 6.54 Å². The molecule has 0 bridgehead atoms. The molecule has 1 aliphatic heterocycles. The molecule has 8 heavy (non-hydrogen) atoms. The number of β-lactam (4-membered cyclic amide) rings is 1. The first kappa shape index (κ1) is 5.56. The summed E-state index contributed by atoms with van der Waals surface area (Å²) in [6, 6.07) is 0.0972. The van der Waals surface area contributed by atoms with Crippen LogP contribution in [0.5, 0.6) is 0 Å². The molecule has 1 unspecified atom stereocenters. The lowest BCUT2D eigenvalue weighted by Crippen LogP contribution is -2.60. The molecule has 46 valence electrons. The number of rotatable bonds is 1. The van der Waals surface area contributed by atoms with Crippen molar-refractivity contribution in [3.8, 4) is 0 Å². The van der Waals surface area contributed by atoms with Gasteiger partial charge in [-0.2, -0.15) is 0 Å². The minimum absolute atomic E-state index is 0.0972. The fourth-order valence-corrected chi connectivity index (χ4v) is 0.810. The first-order chi connectivity index (χ1) is 3.75. The second kappa shape index (κ2) is 1.74. The summed E-state index contributed by atoms with van der Waals surface area (Å²) in [4.78, 5) is 12.4. The molecule has 0 spiro atoms.